The van der Waals surface area contributed by atoms with Crippen molar-refractivity contribution in [2.45, 2.75) is 24.8 Å². The van der Waals surface area contributed by atoms with E-state index in [-0.39, 0.29) is 6.04 Å². The van der Waals surface area contributed by atoms with Crippen molar-refractivity contribution in [3.63, 3.8) is 0 Å². The molecule has 1 fully saturated rings. The molecule has 0 spiro atoms. The first-order chi connectivity index (χ1) is 14.9. The fourth-order valence-electron chi connectivity index (χ4n) is 4.21. The average Bonchev–Trinajstić information content (AvgIpc) is 2.78. The second kappa shape index (κ2) is 9.13. The molecule has 1 heterocycles. The molecule has 6 heteroatoms. The van der Waals surface area contributed by atoms with E-state index in [1.54, 1.807) is 29.4 Å². The third-order valence-electron chi connectivity index (χ3n) is 5.98. The molecule has 0 N–H and O–H groups in total. The molecule has 1 atom stereocenters. The van der Waals surface area contributed by atoms with Gasteiger partial charge in [-0.15, -0.1) is 0 Å². The summed E-state index contributed by atoms with van der Waals surface area (Å²) in [5.74, 6) is 0. The van der Waals surface area contributed by atoms with Crippen LogP contribution in [0.25, 0.3) is 0 Å². The third kappa shape index (κ3) is 4.55. The highest BCUT2D eigenvalue weighted by atomic mass is 35.5. The summed E-state index contributed by atoms with van der Waals surface area (Å²) in [4.78, 5) is 2.67. The fraction of sp³-hybridized carbons (Fsp3) is 0.280. The van der Waals surface area contributed by atoms with Gasteiger partial charge in [0.1, 0.15) is 0 Å². The van der Waals surface area contributed by atoms with Crippen LogP contribution in [0.2, 0.25) is 5.02 Å². The number of hydrogen-bond donors (Lipinski definition) is 0. The number of nitrogens with zero attached hydrogens (tertiary/aromatic N) is 2. The molecule has 3 aromatic rings. The molecule has 4 rings (SSSR count). The second-order valence-electron chi connectivity index (χ2n) is 8.03. The van der Waals surface area contributed by atoms with Crippen LogP contribution in [0, 0.1) is 13.8 Å². The zero-order valence-electron chi connectivity index (χ0n) is 17.8. The summed E-state index contributed by atoms with van der Waals surface area (Å²) in [6.07, 6.45) is 0. The quantitative estimate of drug-likeness (QED) is 0.541. The summed E-state index contributed by atoms with van der Waals surface area (Å²) in [5, 5.41) is 0.475. The van der Waals surface area contributed by atoms with Gasteiger partial charge in [-0.05, 0) is 42.7 Å². The van der Waals surface area contributed by atoms with Gasteiger partial charge in [-0.25, -0.2) is 8.42 Å². The zero-order chi connectivity index (χ0) is 22.0. The van der Waals surface area contributed by atoms with Gasteiger partial charge in [0.15, 0.2) is 0 Å². The van der Waals surface area contributed by atoms with E-state index in [9.17, 15) is 8.42 Å². The van der Waals surface area contributed by atoms with Gasteiger partial charge >= 0.3 is 0 Å². The molecule has 0 amide bonds. The molecule has 1 aliphatic heterocycles. The lowest BCUT2D eigenvalue weighted by atomic mass is 9.96. The van der Waals surface area contributed by atoms with E-state index in [1.165, 1.54) is 16.7 Å². The minimum absolute atomic E-state index is 0.0968. The Labute approximate surface area is 190 Å². The van der Waals surface area contributed by atoms with Crippen molar-refractivity contribution in [2.75, 3.05) is 26.2 Å². The van der Waals surface area contributed by atoms with Gasteiger partial charge < -0.3 is 0 Å². The Bertz CT molecular complexity index is 1140. The molecule has 0 radical (unpaired) electrons. The molecular formula is C25H27ClN2O2S. The number of halogens is 1. The van der Waals surface area contributed by atoms with Crippen LogP contribution in [-0.2, 0) is 10.0 Å². The molecule has 1 saturated heterocycles. The molecule has 31 heavy (non-hydrogen) atoms. The van der Waals surface area contributed by atoms with Crippen LogP contribution in [0.1, 0.15) is 28.3 Å². The molecule has 4 nitrogen and oxygen atoms in total. The Morgan fingerprint density at radius 1 is 0.774 bits per heavy atom. The summed E-state index contributed by atoms with van der Waals surface area (Å²) < 4.78 is 28.1. The number of aryl methyl sites for hydroxylation is 1. The number of sulfonamides is 1. The SMILES string of the molecule is Cc1ccc([C@@H](c2ccccc2)N2CCN(S(=O)(=O)c3cccc(Cl)c3C)CC2)cc1. The van der Waals surface area contributed by atoms with Crippen LogP contribution in [0.4, 0.5) is 0 Å². The van der Waals surface area contributed by atoms with Crippen LogP contribution in [-0.4, -0.2) is 43.8 Å². The molecule has 0 unspecified atom stereocenters. The number of benzene rings is 3. The summed E-state index contributed by atoms with van der Waals surface area (Å²) in [5.41, 5.74) is 4.27. The highest BCUT2D eigenvalue weighted by Gasteiger charge is 2.33. The first-order valence-corrected chi connectivity index (χ1v) is 12.3. The Morgan fingerprint density at radius 2 is 1.39 bits per heavy atom. The van der Waals surface area contributed by atoms with Crippen molar-refractivity contribution in [1.82, 2.24) is 9.21 Å². The van der Waals surface area contributed by atoms with Gasteiger partial charge in [0, 0.05) is 31.2 Å². The fourth-order valence-corrected chi connectivity index (χ4v) is 6.11. The van der Waals surface area contributed by atoms with Crippen molar-refractivity contribution in [3.05, 3.63) is 100 Å². The van der Waals surface area contributed by atoms with E-state index in [2.05, 4.69) is 60.4 Å². The van der Waals surface area contributed by atoms with Gasteiger partial charge in [0.25, 0.3) is 0 Å². The molecule has 0 aromatic heterocycles. The monoisotopic (exact) mass is 454 g/mol. The number of piperazine rings is 1. The molecule has 0 bridgehead atoms. The maximum absolute atomic E-state index is 13.3. The lowest BCUT2D eigenvalue weighted by molar-refractivity contribution is 0.156. The molecule has 0 saturated carbocycles. The molecule has 162 valence electrons. The summed E-state index contributed by atoms with van der Waals surface area (Å²) >= 11 is 6.18. The van der Waals surface area contributed by atoms with Crippen LogP contribution in [0.5, 0.6) is 0 Å². The maximum Gasteiger partial charge on any atom is 0.243 e. The van der Waals surface area contributed by atoms with E-state index in [1.807, 2.05) is 6.07 Å². The Kier molecular flexibility index (Phi) is 6.49. The number of hydrogen-bond acceptors (Lipinski definition) is 3. The first-order valence-electron chi connectivity index (χ1n) is 10.5. The van der Waals surface area contributed by atoms with Gasteiger partial charge in [0.2, 0.25) is 10.0 Å². The molecule has 0 aliphatic carbocycles. The van der Waals surface area contributed by atoms with E-state index in [0.717, 1.165) is 0 Å². The van der Waals surface area contributed by atoms with Crippen molar-refractivity contribution in [2.24, 2.45) is 0 Å². The summed E-state index contributed by atoms with van der Waals surface area (Å²) in [6.45, 7) is 6.06. The molecule has 3 aromatic carbocycles. The van der Waals surface area contributed by atoms with Crippen molar-refractivity contribution >= 4 is 21.6 Å². The predicted molar refractivity (Wildman–Crippen MR) is 126 cm³/mol. The minimum Gasteiger partial charge on any atom is -0.290 e. The first kappa shape index (κ1) is 22.0. The third-order valence-corrected chi connectivity index (χ3v) is 8.44. The number of rotatable bonds is 5. The van der Waals surface area contributed by atoms with Crippen molar-refractivity contribution < 1.29 is 8.42 Å². The highest BCUT2D eigenvalue weighted by Crippen LogP contribution is 2.31. The topological polar surface area (TPSA) is 40.6 Å². The van der Waals surface area contributed by atoms with Gasteiger partial charge in [0.05, 0.1) is 10.9 Å². The zero-order valence-corrected chi connectivity index (χ0v) is 19.4. The van der Waals surface area contributed by atoms with E-state index >= 15 is 0 Å². The Balaban J connectivity index is 1.58. The van der Waals surface area contributed by atoms with Gasteiger partial charge in [-0.1, -0.05) is 77.8 Å². The minimum atomic E-state index is -3.58. The van der Waals surface area contributed by atoms with Crippen LogP contribution in [0.3, 0.4) is 0 Å². The summed E-state index contributed by atoms with van der Waals surface area (Å²) in [7, 11) is -3.58. The Morgan fingerprint density at radius 3 is 2.03 bits per heavy atom. The average molecular weight is 455 g/mol. The normalized spacial score (nSPS) is 16.9. The van der Waals surface area contributed by atoms with Crippen molar-refractivity contribution in [3.8, 4) is 0 Å². The van der Waals surface area contributed by atoms with E-state index in [4.69, 9.17) is 11.6 Å². The van der Waals surface area contributed by atoms with Crippen LogP contribution >= 0.6 is 11.6 Å². The molecule has 1 aliphatic rings. The summed E-state index contributed by atoms with van der Waals surface area (Å²) in [6, 6.07) is 24.2. The van der Waals surface area contributed by atoms with E-state index < -0.39 is 10.0 Å². The second-order valence-corrected chi connectivity index (χ2v) is 10.3. The maximum atomic E-state index is 13.3. The lowest BCUT2D eigenvalue weighted by Gasteiger charge is -2.39. The largest absolute Gasteiger partial charge is 0.290 e. The van der Waals surface area contributed by atoms with Gasteiger partial charge in [-0.3, -0.25) is 4.90 Å². The Hall–Kier alpha value is -2.18. The van der Waals surface area contributed by atoms with E-state index in [0.29, 0.717) is 41.7 Å². The molecular weight excluding hydrogens is 428 g/mol. The predicted octanol–water partition coefficient (Wildman–Crippen LogP) is 5.05. The van der Waals surface area contributed by atoms with Gasteiger partial charge in [-0.2, -0.15) is 4.31 Å². The highest BCUT2D eigenvalue weighted by molar-refractivity contribution is 7.89. The van der Waals surface area contributed by atoms with Crippen molar-refractivity contribution in [1.29, 1.82) is 0 Å². The standard InChI is InChI=1S/C25H27ClN2O2S/c1-19-11-13-22(14-12-19)25(21-7-4-3-5-8-21)27-15-17-28(18-16-27)31(29,30)24-10-6-9-23(26)20(24)2/h3-14,25H,15-18H2,1-2H3/t25-/m1/s1. The van der Waals surface area contributed by atoms with Crippen LogP contribution in [0.15, 0.2) is 77.7 Å². The lowest BCUT2D eigenvalue weighted by Crippen LogP contribution is -2.49. The van der Waals surface area contributed by atoms with Crippen LogP contribution < -0.4 is 0 Å². The smallest absolute Gasteiger partial charge is 0.243 e.